The smallest absolute Gasteiger partial charge is 0.271 e. The van der Waals surface area contributed by atoms with Crippen LogP contribution in [0.2, 0.25) is 0 Å². The summed E-state index contributed by atoms with van der Waals surface area (Å²) in [6.07, 6.45) is 0.532. The lowest BCUT2D eigenvalue weighted by Gasteiger charge is -2.23. The standard InChI is InChI=1S/C21H22N4O3/c1-14-8-9-17(12-19(14)22-15(2)26)23-21(28)18-10-11-20(27)25(24-18)13-16-6-4-3-5-7-16/h3-9,12H,10-11,13H2,1-2H3,(H,22,26)(H,23,28). The highest BCUT2D eigenvalue weighted by Crippen LogP contribution is 2.21. The van der Waals surface area contributed by atoms with Crippen LogP contribution >= 0.6 is 0 Å². The van der Waals surface area contributed by atoms with Crippen LogP contribution < -0.4 is 10.6 Å². The number of aryl methyl sites for hydroxylation is 1. The maximum absolute atomic E-state index is 12.6. The van der Waals surface area contributed by atoms with Crippen LogP contribution in [-0.4, -0.2) is 28.4 Å². The molecule has 0 radical (unpaired) electrons. The van der Waals surface area contributed by atoms with Gasteiger partial charge in [0.15, 0.2) is 0 Å². The van der Waals surface area contributed by atoms with E-state index in [-0.39, 0.29) is 24.1 Å². The van der Waals surface area contributed by atoms with Crippen molar-refractivity contribution in [3.63, 3.8) is 0 Å². The van der Waals surface area contributed by atoms with Crippen molar-refractivity contribution in [3.8, 4) is 0 Å². The van der Waals surface area contributed by atoms with E-state index in [0.29, 0.717) is 30.1 Å². The van der Waals surface area contributed by atoms with Crippen molar-refractivity contribution >= 4 is 34.8 Å². The summed E-state index contributed by atoms with van der Waals surface area (Å²) in [7, 11) is 0. The first-order valence-corrected chi connectivity index (χ1v) is 9.04. The lowest BCUT2D eigenvalue weighted by molar-refractivity contribution is -0.132. The molecule has 2 N–H and O–H groups in total. The molecule has 7 heteroatoms. The van der Waals surface area contributed by atoms with Gasteiger partial charge in [-0.05, 0) is 30.2 Å². The van der Waals surface area contributed by atoms with Gasteiger partial charge in [0.1, 0.15) is 5.71 Å². The van der Waals surface area contributed by atoms with Crippen LogP contribution in [0.1, 0.15) is 30.9 Å². The normalized spacial score (nSPS) is 13.7. The molecule has 0 saturated carbocycles. The molecule has 0 atom stereocenters. The third-order valence-corrected chi connectivity index (χ3v) is 4.35. The minimum Gasteiger partial charge on any atom is -0.326 e. The number of carbonyl (C=O) groups is 3. The Kier molecular flexibility index (Phi) is 5.84. The molecule has 1 heterocycles. The van der Waals surface area contributed by atoms with Gasteiger partial charge in [0.25, 0.3) is 5.91 Å². The molecule has 0 bridgehead atoms. The van der Waals surface area contributed by atoms with Crippen molar-refractivity contribution in [1.29, 1.82) is 0 Å². The number of hydrogen-bond acceptors (Lipinski definition) is 4. The van der Waals surface area contributed by atoms with Gasteiger partial charge in [-0.2, -0.15) is 5.10 Å². The van der Waals surface area contributed by atoms with E-state index in [0.717, 1.165) is 11.1 Å². The number of amides is 3. The fraction of sp³-hybridized carbons (Fsp3) is 0.238. The highest BCUT2D eigenvalue weighted by atomic mass is 16.2. The molecule has 28 heavy (non-hydrogen) atoms. The molecule has 144 valence electrons. The van der Waals surface area contributed by atoms with Gasteiger partial charge < -0.3 is 10.6 Å². The summed E-state index contributed by atoms with van der Waals surface area (Å²) in [6.45, 7) is 3.63. The van der Waals surface area contributed by atoms with E-state index >= 15 is 0 Å². The summed E-state index contributed by atoms with van der Waals surface area (Å²) in [6, 6.07) is 14.8. The number of hydrogen-bond donors (Lipinski definition) is 2. The van der Waals surface area contributed by atoms with Gasteiger partial charge in [-0.15, -0.1) is 0 Å². The van der Waals surface area contributed by atoms with Crippen molar-refractivity contribution in [2.24, 2.45) is 5.10 Å². The Balaban J connectivity index is 1.73. The Bertz CT molecular complexity index is 938. The second kappa shape index (κ2) is 8.47. The number of anilines is 2. The van der Waals surface area contributed by atoms with Crippen LogP contribution in [0.4, 0.5) is 11.4 Å². The van der Waals surface area contributed by atoms with Gasteiger partial charge in [-0.1, -0.05) is 36.4 Å². The van der Waals surface area contributed by atoms with Gasteiger partial charge in [-0.3, -0.25) is 14.4 Å². The summed E-state index contributed by atoms with van der Waals surface area (Å²) < 4.78 is 0. The average molecular weight is 378 g/mol. The highest BCUT2D eigenvalue weighted by molar-refractivity contribution is 6.43. The largest absolute Gasteiger partial charge is 0.326 e. The Morgan fingerprint density at radius 3 is 2.54 bits per heavy atom. The summed E-state index contributed by atoms with van der Waals surface area (Å²) in [4.78, 5) is 36.1. The van der Waals surface area contributed by atoms with Gasteiger partial charge in [0.2, 0.25) is 11.8 Å². The Hall–Kier alpha value is -3.48. The summed E-state index contributed by atoms with van der Waals surface area (Å²) in [5.41, 5.74) is 3.32. The summed E-state index contributed by atoms with van der Waals surface area (Å²) in [5, 5.41) is 11.1. The predicted octanol–water partition coefficient (Wildman–Crippen LogP) is 3.07. The molecule has 2 aromatic carbocycles. The van der Waals surface area contributed by atoms with Crippen LogP contribution in [0, 0.1) is 6.92 Å². The van der Waals surface area contributed by atoms with E-state index < -0.39 is 0 Å². The van der Waals surface area contributed by atoms with E-state index in [1.165, 1.54) is 11.9 Å². The molecule has 0 aliphatic carbocycles. The van der Waals surface area contributed by atoms with Gasteiger partial charge >= 0.3 is 0 Å². The zero-order chi connectivity index (χ0) is 20.1. The average Bonchev–Trinajstić information content (AvgIpc) is 2.66. The van der Waals surface area contributed by atoms with Crippen LogP contribution in [-0.2, 0) is 20.9 Å². The van der Waals surface area contributed by atoms with Crippen molar-refractivity contribution in [2.75, 3.05) is 10.6 Å². The molecule has 0 aromatic heterocycles. The number of benzene rings is 2. The van der Waals surface area contributed by atoms with Gasteiger partial charge in [0, 0.05) is 31.1 Å². The molecule has 0 fully saturated rings. The number of rotatable bonds is 5. The van der Waals surface area contributed by atoms with Crippen LogP contribution in [0.5, 0.6) is 0 Å². The predicted molar refractivity (Wildman–Crippen MR) is 108 cm³/mol. The van der Waals surface area contributed by atoms with Crippen molar-refractivity contribution < 1.29 is 14.4 Å². The zero-order valence-electron chi connectivity index (χ0n) is 15.9. The maximum atomic E-state index is 12.6. The minimum absolute atomic E-state index is 0.108. The first-order chi connectivity index (χ1) is 13.4. The molecular formula is C21H22N4O3. The molecule has 0 spiro atoms. The van der Waals surface area contributed by atoms with Crippen LogP contribution in [0.3, 0.4) is 0 Å². The summed E-state index contributed by atoms with van der Waals surface area (Å²) >= 11 is 0. The molecule has 3 amide bonds. The topological polar surface area (TPSA) is 90.9 Å². The Morgan fingerprint density at radius 1 is 1.07 bits per heavy atom. The van der Waals surface area contributed by atoms with Crippen molar-refractivity contribution in [1.82, 2.24) is 5.01 Å². The lowest BCUT2D eigenvalue weighted by atomic mass is 10.1. The van der Waals surface area contributed by atoms with Crippen molar-refractivity contribution in [2.45, 2.75) is 33.2 Å². The number of hydrazone groups is 1. The number of carbonyl (C=O) groups excluding carboxylic acids is 3. The van der Waals surface area contributed by atoms with Gasteiger partial charge in [0.05, 0.1) is 6.54 Å². The minimum atomic E-state index is -0.358. The van der Waals surface area contributed by atoms with Crippen LogP contribution in [0.25, 0.3) is 0 Å². The fourth-order valence-corrected chi connectivity index (χ4v) is 2.87. The molecular weight excluding hydrogens is 356 g/mol. The SMILES string of the molecule is CC(=O)Nc1cc(NC(=O)C2=NN(Cc3ccccc3)C(=O)CC2)ccc1C. The Morgan fingerprint density at radius 2 is 1.82 bits per heavy atom. The first-order valence-electron chi connectivity index (χ1n) is 9.04. The highest BCUT2D eigenvalue weighted by Gasteiger charge is 2.24. The number of nitrogens with one attached hydrogen (secondary N) is 2. The molecule has 1 aliphatic rings. The molecule has 7 nitrogen and oxygen atoms in total. The third kappa shape index (κ3) is 4.82. The monoisotopic (exact) mass is 378 g/mol. The second-order valence-corrected chi connectivity index (χ2v) is 6.65. The van der Waals surface area contributed by atoms with E-state index in [2.05, 4.69) is 15.7 Å². The van der Waals surface area contributed by atoms with Crippen molar-refractivity contribution in [3.05, 3.63) is 59.7 Å². The second-order valence-electron chi connectivity index (χ2n) is 6.65. The van der Waals surface area contributed by atoms with E-state index in [9.17, 15) is 14.4 Å². The molecule has 0 unspecified atom stereocenters. The van der Waals surface area contributed by atoms with Gasteiger partial charge in [-0.25, -0.2) is 5.01 Å². The third-order valence-electron chi connectivity index (χ3n) is 4.35. The summed E-state index contributed by atoms with van der Waals surface area (Å²) in [5.74, 6) is -0.648. The molecule has 0 saturated heterocycles. The van der Waals surface area contributed by atoms with Crippen LogP contribution in [0.15, 0.2) is 53.6 Å². The molecule has 1 aliphatic heterocycles. The van der Waals surface area contributed by atoms with E-state index in [1.54, 1.807) is 12.1 Å². The van der Waals surface area contributed by atoms with E-state index in [4.69, 9.17) is 0 Å². The Labute approximate surface area is 163 Å². The quantitative estimate of drug-likeness (QED) is 0.838. The molecule has 3 rings (SSSR count). The first kappa shape index (κ1) is 19.3. The number of nitrogens with zero attached hydrogens (tertiary/aromatic N) is 2. The zero-order valence-corrected chi connectivity index (χ0v) is 15.9. The lowest BCUT2D eigenvalue weighted by Crippen LogP contribution is -2.36. The van der Waals surface area contributed by atoms with E-state index in [1.807, 2.05) is 43.3 Å². The molecule has 2 aromatic rings. The maximum Gasteiger partial charge on any atom is 0.271 e. The fourth-order valence-electron chi connectivity index (χ4n) is 2.87.